The molecule has 0 N–H and O–H groups in total. The Morgan fingerprint density at radius 3 is 2.22 bits per heavy atom. The number of anilines is 1. The second-order valence-electron chi connectivity index (χ2n) is 6.83. The van der Waals surface area contributed by atoms with Crippen LogP contribution in [0.15, 0.2) is 73.1 Å². The Bertz CT molecular complexity index is 855. The van der Waals surface area contributed by atoms with Gasteiger partial charge < -0.3 is 4.90 Å². The molecule has 0 bridgehead atoms. The number of Topliss-reactive ketones (excluding diaryl/α,β-unsaturated/α-hetero) is 1. The summed E-state index contributed by atoms with van der Waals surface area (Å²) in [6.45, 7) is 3.24. The minimum Gasteiger partial charge on any atom is -0.375 e. The molecule has 0 amide bonds. The van der Waals surface area contributed by atoms with Gasteiger partial charge in [0.15, 0.2) is 5.78 Å². The number of rotatable bonds is 8. The van der Waals surface area contributed by atoms with Gasteiger partial charge in [-0.15, -0.1) is 0 Å². The van der Waals surface area contributed by atoms with E-state index in [0.29, 0.717) is 6.42 Å². The van der Waals surface area contributed by atoms with Crippen molar-refractivity contribution in [3.8, 4) is 11.1 Å². The second-order valence-corrected chi connectivity index (χ2v) is 6.83. The molecule has 3 heteroatoms. The van der Waals surface area contributed by atoms with Gasteiger partial charge in [0, 0.05) is 43.7 Å². The summed E-state index contributed by atoms with van der Waals surface area (Å²) in [5.41, 5.74) is 5.38. The van der Waals surface area contributed by atoms with E-state index in [2.05, 4.69) is 48.1 Å². The van der Waals surface area contributed by atoms with Crippen molar-refractivity contribution in [1.82, 2.24) is 4.98 Å². The number of aromatic nitrogens is 1. The van der Waals surface area contributed by atoms with Crippen LogP contribution in [0.5, 0.6) is 0 Å². The maximum Gasteiger partial charge on any atom is 0.163 e. The number of carbonyl (C=O) groups is 1. The van der Waals surface area contributed by atoms with Crippen molar-refractivity contribution in [2.45, 2.75) is 26.2 Å². The Morgan fingerprint density at radius 1 is 0.963 bits per heavy atom. The van der Waals surface area contributed by atoms with Crippen LogP contribution in [0.3, 0.4) is 0 Å². The van der Waals surface area contributed by atoms with Crippen LogP contribution < -0.4 is 4.90 Å². The highest BCUT2D eigenvalue weighted by Gasteiger charge is 2.07. The van der Waals surface area contributed by atoms with Crippen molar-refractivity contribution in [1.29, 1.82) is 0 Å². The number of pyridine rings is 1. The van der Waals surface area contributed by atoms with E-state index in [-0.39, 0.29) is 5.78 Å². The Kier molecular flexibility index (Phi) is 6.37. The minimum absolute atomic E-state index is 0.168. The van der Waals surface area contributed by atoms with E-state index in [9.17, 15) is 4.79 Å². The molecule has 0 saturated heterocycles. The molecule has 0 unspecified atom stereocenters. The lowest BCUT2D eigenvalue weighted by Gasteiger charge is -2.18. The van der Waals surface area contributed by atoms with Gasteiger partial charge in [0.2, 0.25) is 0 Å². The third kappa shape index (κ3) is 5.04. The molecule has 0 aliphatic rings. The van der Waals surface area contributed by atoms with Gasteiger partial charge >= 0.3 is 0 Å². The largest absolute Gasteiger partial charge is 0.375 e. The predicted molar refractivity (Wildman–Crippen MR) is 112 cm³/mol. The molecular formula is C24H26N2O. The third-order valence-corrected chi connectivity index (χ3v) is 4.77. The zero-order chi connectivity index (χ0) is 19.1. The van der Waals surface area contributed by atoms with E-state index < -0.39 is 0 Å². The first kappa shape index (κ1) is 18.8. The van der Waals surface area contributed by atoms with Crippen LogP contribution in [0.4, 0.5) is 5.69 Å². The Morgan fingerprint density at radius 2 is 1.63 bits per heavy atom. The first-order valence-corrected chi connectivity index (χ1v) is 9.51. The fourth-order valence-corrected chi connectivity index (χ4v) is 3.17. The lowest BCUT2D eigenvalue weighted by Crippen LogP contribution is -2.17. The van der Waals surface area contributed by atoms with E-state index in [4.69, 9.17) is 0 Å². The fraction of sp³-hybridized carbons (Fsp3) is 0.250. The van der Waals surface area contributed by atoms with Gasteiger partial charge in [-0.1, -0.05) is 49.4 Å². The quantitative estimate of drug-likeness (QED) is 0.505. The average Bonchev–Trinajstić information content (AvgIpc) is 2.73. The van der Waals surface area contributed by atoms with Crippen LogP contribution in [-0.2, 0) is 6.42 Å². The van der Waals surface area contributed by atoms with Gasteiger partial charge in [-0.2, -0.15) is 0 Å². The molecule has 1 heterocycles. The number of aryl methyl sites for hydroxylation is 1. The van der Waals surface area contributed by atoms with Crippen molar-refractivity contribution in [3.05, 3.63) is 84.2 Å². The third-order valence-electron chi connectivity index (χ3n) is 4.77. The number of hydrogen-bond acceptors (Lipinski definition) is 3. The maximum atomic E-state index is 12.4. The summed E-state index contributed by atoms with van der Waals surface area (Å²) < 4.78 is 0. The summed E-state index contributed by atoms with van der Waals surface area (Å²) in [5, 5.41) is 0. The zero-order valence-electron chi connectivity index (χ0n) is 16.1. The topological polar surface area (TPSA) is 33.2 Å². The van der Waals surface area contributed by atoms with Crippen molar-refractivity contribution < 1.29 is 4.79 Å². The molecule has 0 spiro atoms. The Balaban J connectivity index is 1.63. The zero-order valence-corrected chi connectivity index (χ0v) is 16.1. The molecule has 0 radical (unpaired) electrons. The summed E-state index contributed by atoms with van der Waals surface area (Å²) in [7, 11) is 2.12. The SMILES string of the molecule is CCCN(C)c1ccc(-c2ccc(C(=O)CCc3cccnc3)cc2)cc1. The van der Waals surface area contributed by atoms with Gasteiger partial charge in [-0.25, -0.2) is 0 Å². The van der Waals surface area contributed by atoms with Crippen molar-refractivity contribution in [2.75, 3.05) is 18.5 Å². The van der Waals surface area contributed by atoms with Crippen molar-refractivity contribution >= 4 is 11.5 Å². The summed E-state index contributed by atoms with van der Waals surface area (Å²) in [4.78, 5) is 18.8. The standard InChI is InChI=1S/C24H26N2O/c1-3-17-26(2)23-13-11-21(12-14-23)20-7-9-22(10-8-20)24(27)15-6-19-5-4-16-25-18-19/h4-5,7-14,16,18H,3,6,15,17H2,1-2H3. The van der Waals surface area contributed by atoms with Crippen LogP contribution in [0.1, 0.15) is 35.7 Å². The van der Waals surface area contributed by atoms with Crippen molar-refractivity contribution in [3.63, 3.8) is 0 Å². The first-order chi connectivity index (χ1) is 13.2. The lowest BCUT2D eigenvalue weighted by atomic mass is 9.99. The molecule has 2 aromatic carbocycles. The van der Waals surface area contributed by atoms with Crippen LogP contribution >= 0.6 is 0 Å². The molecule has 0 atom stereocenters. The first-order valence-electron chi connectivity index (χ1n) is 9.51. The predicted octanol–water partition coefficient (Wildman–Crippen LogP) is 5.41. The van der Waals surface area contributed by atoms with Crippen LogP contribution in [-0.4, -0.2) is 24.4 Å². The second kappa shape index (κ2) is 9.13. The van der Waals surface area contributed by atoms with Gasteiger partial charge in [0.1, 0.15) is 0 Å². The average molecular weight is 358 g/mol. The van der Waals surface area contributed by atoms with Gasteiger partial charge in [0.05, 0.1) is 0 Å². The maximum absolute atomic E-state index is 12.4. The number of hydrogen-bond donors (Lipinski definition) is 0. The molecule has 0 saturated carbocycles. The summed E-state index contributed by atoms with van der Waals surface area (Å²) in [6.07, 6.45) is 5.93. The van der Waals surface area contributed by atoms with E-state index in [1.54, 1.807) is 6.20 Å². The summed E-state index contributed by atoms with van der Waals surface area (Å²) in [5.74, 6) is 0.168. The molecule has 0 aliphatic heterocycles. The Labute approximate surface area is 161 Å². The highest BCUT2D eigenvalue weighted by Crippen LogP contribution is 2.23. The van der Waals surface area contributed by atoms with Gasteiger partial charge in [0.25, 0.3) is 0 Å². The van der Waals surface area contributed by atoms with Crippen LogP contribution in [0.2, 0.25) is 0 Å². The van der Waals surface area contributed by atoms with E-state index in [1.165, 1.54) is 5.69 Å². The molecule has 0 fully saturated rings. The molecule has 0 aliphatic carbocycles. The minimum atomic E-state index is 0.168. The normalized spacial score (nSPS) is 10.6. The number of nitrogens with zero attached hydrogens (tertiary/aromatic N) is 2. The van der Waals surface area contributed by atoms with Gasteiger partial charge in [-0.3, -0.25) is 9.78 Å². The van der Waals surface area contributed by atoms with Crippen molar-refractivity contribution in [2.24, 2.45) is 0 Å². The molecule has 1 aromatic heterocycles. The molecule has 3 rings (SSSR count). The van der Waals surface area contributed by atoms with Gasteiger partial charge in [-0.05, 0) is 47.7 Å². The monoisotopic (exact) mass is 358 g/mol. The fourth-order valence-electron chi connectivity index (χ4n) is 3.17. The van der Waals surface area contributed by atoms with E-state index in [1.807, 2.05) is 42.6 Å². The molecular weight excluding hydrogens is 332 g/mol. The molecule has 27 heavy (non-hydrogen) atoms. The number of carbonyl (C=O) groups excluding carboxylic acids is 1. The Hall–Kier alpha value is -2.94. The number of benzene rings is 2. The smallest absolute Gasteiger partial charge is 0.163 e. The molecule has 3 nitrogen and oxygen atoms in total. The number of ketones is 1. The van der Waals surface area contributed by atoms with E-state index >= 15 is 0 Å². The highest BCUT2D eigenvalue weighted by molar-refractivity contribution is 5.96. The highest BCUT2D eigenvalue weighted by atomic mass is 16.1. The lowest BCUT2D eigenvalue weighted by molar-refractivity contribution is 0.0983. The summed E-state index contributed by atoms with van der Waals surface area (Å²) in [6, 6.07) is 20.4. The van der Waals surface area contributed by atoms with Crippen LogP contribution in [0, 0.1) is 0 Å². The molecule has 3 aromatic rings. The summed E-state index contributed by atoms with van der Waals surface area (Å²) >= 11 is 0. The molecule has 138 valence electrons. The van der Waals surface area contributed by atoms with E-state index in [0.717, 1.165) is 41.6 Å². The van der Waals surface area contributed by atoms with Crippen LogP contribution in [0.25, 0.3) is 11.1 Å².